The van der Waals surface area contributed by atoms with Crippen LogP contribution in [0.3, 0.4) is 0 Å². The lowest BCUT2D eigenvalue weighted by Crippen LogP contribution is -2.54. The third-order valence-electron chi connectivity index (χ3n) is 4.64. The highest BCUT2D eigenvalue weighted by molar-refractivity contribution is 6.40. The van der Waals surface area contributed by atoms with Crippen LogP contribution in [0.4, 0.5) is 10.5 Å². The molecule has 4 rings (SSSR count). The van der Waals surface area contributed by atoms with Gasteiger partial charge in [0.2, 0.25) is 0 Å². The highest BCUT2D eigenvalue weighted by Gasteiger charge is 2.37. The summed E-state index contributed by atoms with van der Waals surface area (Å²) < 4.78 is 0. The van der Waals surface area contributed by atoms with Crippen LogP contribution in [0.1, 0.15) is 11.1 Å². The predicted molar refractivity (Wildman–Crippen MR) is 109 cm³/mol. The molecule has 4 amide bonds. The maximum atomic E-state index is 13.1. The highest BCUT2D eigenvalue weighted by Crippen LogP contribution is 2.29. The zero-order chi connectivity index (χ0) is 19.8. The Kier molecular flexibility index (Phi) is 4.45. The van der Waals surface area contributed by atoms with Crippen molar-refractivity contribution in [2.24, 2.45) is 0 Å². The lowest BCUT2D eigenvalue weighted by atomic mass is 10.0. The van der Waals surface area contributed by atoms with E-state index in [0.717, 1.165) is 15.7 Å². The van der Waals surface area contributed by atoms with Crippen molar-refractivity contribution >= 4 is 52.0 Å². The Labute approximate surface area is 166 Å². The standard InChI is InChI=1S/C22H15ClN2O3/c1-13-9-10-16(23)12-19(13)25-21(27)18(20(26)24-22(25)28)11-15-7-4-6-14-5-2-3-8-17(14)15/h2-12H,1H3,(H,24,26,28)/b18-11-. The Morgan fingerprint density at radius 2 is 1.71 bits per heavy atom. The molecule has 1 N–H and O–H groups in total. The molecular weight excluding hydrogens is 376 g/mol. The summed E-state index contributed by atoms with van der Waals surface area (Å²) in [6, 6.07) is 17.4. The molecule has 1 fully saturated rings. The fourth-order valence-electron chi connectivity index (χ4n) is 3.23. The Morgan fingerprint density at radius 3 is 2.54 bits per heavy atom. The minimum Gasteiger partial charge on any atom is -0.273 e. The second-order valence-electron chi connectivity index (χ2n) is 6.46. The number of imide groups is 2. The molecule has 0 radical (unpaired) electrons. The van der Waals surface area contributed by atoms with E-state index in [2.05, 4.69) is 5.32 Å². The molecular formula is C22H15ClN2O3. The molecule has 1 heterocycles. The molecule has 3 aromatic carbocycles. The summed E-state index contributed by atoms with van der Waals surface area (Å²) >= 11 is 6.04. The van der Waals surface area contributed by atoms with Gasteiger partial charge in [0, 0.05) is 5.02 Å². The van der Waals surface area contributed by atoms with Gasteiger partial charge in [0.15, 0.2) is 0 Å². The third kappa shape index (κ3) is 3.06. The van der Waals surface area contributed by atoms with E-state index in [1.165, 1.54) is 12.1 Å². The second-order valence-corrected chi connectivity index (χ2v) is 6.89. The number of barbiturate groups is 1. The van der Waals surface area contributed by atoms with Crippen LogP contribution in [-0.2, 0) is 9.59 Å². The third-order valence-corrected chi connectivity index (χ3v) is 4.87. The molecule has 0 unspecified atom stereocenters. The number of nitrogens with one attached hydrogen (secondary N) is 1. The topological polar surface area (TPSA) is 66.5 Å². The van der Waals surface area contributed by atoms with E-state index in [0.29, 0.717) is 21.8 Å². The van der Waals surface area contributed by atoms with Crippen molar-refractivity contribution in [2.45, 2.75) is 6.92 Å². The van der Waals surface area contributed by atoms with Gasteiger partial charge in [-0.05, 0) is 47.0 Å². The van der Waals surface area contributed by atoms with Gasteiger partial charge in [-0.3, -0.25) is 14.9 Å². The van der Waals surface area contributed by atoms with Gasteiger partial charge < -0.3 is 0 Å². The number of carbonyl (C=O) groups is 3. The Morgan fingerprint density at radius 1 is 0.964 bits per heavy atom. The van der Waals surface area contributed by atoms with Gasteiger partial charge in [0.1, 0.15) is 5.57 Å². The number of nitrogens with zero attached hydrogens (tertiary/aromatic N) is 1. The summed E-state index contributed by atoms with van der Waals surface area (Å²) in [5.41, 5.74) is 1.63. The molecule has 6 heteroatoms. The first-order chi connectivity index (χ1) is 13.5. The summed E-state index contributed by atoms with van der Waals surface area (Å²) in [5.74, 6) is -1.41. The number of hydrogen-bond donors (Lipinski definition) is 1. The number of rotatable bonds is 2. The van der Waals surface area contributed by atoms with Crippen molar-refractivity contribution in [2.75, 3.05) is 4.90 Å². The smallest absolute Gasteiger partial charge is 0.273 e. The molecule has 0 aliphatic carbocycles. The molecule has 138 valence electrons. The summed E-state index contributed by atoms with van der Waals surface area (Å²) in [6.45, 7) is 1.76. The van der Waals surface area contributed by atoms with Crippen molar-refractivity contribution in [1.29, 1.82) is 0 Å². The molecule has 0 aromatic heterocycles. The average Bonchev–Trinajstić information content (AvgIpc) is 2.68. The average molecular weight is 391 g/mol. The van der Waals surface area contributed by atoms with E-state index in [4.69, 9.17) is 11.6 Å². The Hall–Kier alpha value is -3.44. The first-order valence-electron chi connectivity index (χ1n) is 8.61. The van der Waals surface area contributed by atoms with E-state index >= 15 is 0 Å². The minimum atomic E-state index is -0.796. The molecule has 3 aromatic rings. The molecule has 5 nitrogen and oxygen atoms in total. The fourth-order valence-corrected chi connectivity index (χ4v) is 3.40. The van der Waals surface area contributed by atoms with E-state index in [1.54, 1.807) is 19.1 Å². The van der Waals surface area contributed by atoms with Gasteiger partial charge in [-0.25, -0.2) is 9.69 Å². The second kappa shape index (κ2) is 6.94. The number of halogens is 1. The fraction of sp³-hybridized carbons (Fsp3) is 0.0455. The Balaban J connectivity index is 1.84. The van der Waals surface area contributed by atoms with Gasteiger partial charge in [0.05, 0.1) is 5.69 Å². The van der Waals surface area contributed by atoms with Gasteiger partial charge in [0.25, 0.3) is 11.8 Å². The van der Waals surface area contributed by atoms with E-state index in [9.17, 15) is 14.4 Å². The molecule has 0 spiro atoms. The summed E-state index contributed by atoms with van der Waals surface area (Å²) in [7, 11) is 0. The van der Waals surface area contributed by atoms with E-state index in [-0.39, 0.29) is 5.57 Å². The quantitative estimate of drug-likeness (QED) is 0.518. The first kappa shape index (κ1) is 17.9. The molecule has 28 heavy (non-hydrogen) atoms. The lowest BCUT2D eigenvalue weighted by Gasteiger charge is -2.27. The maximum absolute atomic E-state index is 13.1. The number of amides is 4. The zero-order valence-corrected chi connectivity index (χ0v) is 15.7. The largest absolute Gasteiger partial charge is 0.335 e. The van der Waals surface area contributed by atoms with Crippen LogP contribution in [0.2, 0.25) is 5.02 Å². The molecule has 0 bridgehead atoms. The van der Waals surface area contributed by atoms with Crippen LogP contribution in [0.25, 0.3) is 16.8 Å². The maximum Gasteiger partial charge on any atom is 0.335 e. The number of benzene rings is 3. The van der Waals surface area contributed by atoms with Crippen LogP contribution in [0.15, 0.2) is 66.2 Å². The first-order valence-corrected chi connectivity index (χ1v) is 8.99. The van der Waals surface area contributed by atoms with Crippen molar-refractivity contribution in [3.05, 3.63) is 82.4 Å². The molecule has 1 saturated heterocycles. The normalized spacial score (nSPS) is 16.0. The van der Waals surface area contributed by atoms with Gasteiger partial charge in [-0.15, -0.1) is 0 Å². The summed E-state index contributed by atoms with van der Waals surface area (Å²) in [4.78, 5) is 38.8. The Bertz CT molecular complexity index is 1180. The number of anilines is 1. The van der Waals surface area contributed by atoms with Crippen molar-refractivity contribution in [3.8, 4) is 0 Å². The van der Waals surface area contributed by atoms with Crippen LogP contribution in [0, 0.1) is 6.92 Å². The lowest BCUT2D eigenvalue weighted by molar-refractivity contribution is -0.122. The number of fused-ring (bicyclic) bond motifs is 1. The van der Waals surface area contributed by atoms with Gasteiger partial charge in [-0.1, -0.05) is 60.1 Å². The van der Waals surface area contributed by atoms with Crippen LogP contribution in [-0.4, -0.2) is 17.8 Å². The number of urea groups is 1. The van der Waals surface area contributed by atoms with Crippen LogP contribution in [0.5, 0.6) is 0 Å². The van der Waals surface area contributed by atoms with E-state index in [1.807, 2.05) is 42.5 Å². The predicted octanol–water partition coefficient (Wildman–Crippen LogP) is 4.47. The molecule has 1 aliphatic rings. The zero-order valence-electron chi connectivity index (χ0n) is 14.9. The van der Waals surface area contributed by atoms with Crippen molar-refractivity contribution in [3.63, 3.8) is 0 Å². The van der Waals surface area contributed by atoms with Crippen LogP contribution < -0.4 is 10.2 Å². The van der Waals surface area contributed by atoms with Gasteiger partial charge >= 0.3 is 6.03 Å². The molecule has 0 atom stereocenters. The summed E-state index contributed by atoms with van der Waals surface area (Å²) in [6.07, 6.45) is 1.51. The van der Waals surface area contributed by atoms with Gasteiger partial charge in [-0.2, -0.15) is 0 Å². The molecule has 1 aliphatic heterocycles. The van der Waals surface area contributed by atoms with E-state index < -0.39 is 17.8 Å². The van der Waals surface area contributed by atoms with Crippen molar-refractivity contribution in [1.82, 2.24) is 5.32 Å². The SMILES string of the molecule is Cc1ccc(Cl)cc1N1C(=O)NC(=O)/C(=C/c2cccc3ccccc23)C1=O. The monoisotopic (exact) mass is 390 g/mol. The van der Waals surface area contributed by atoms with Crippen LogP contribution >= 0.6 is 11.6 Å². The number of hydrogen-bond acceptors (Lipinski definition) is 3. The minimum absolute atomic E-state index is 0.115. The number of aryl methyl sites for hydroxylation is 1. The number of carbonyl (C=O) groups excluding carboxylic acids is 3. The summed E-state index contributed by atoms with van der Waals surface area (Å²) in [5, 5.41) is 4.51. The van der Waals surface area contributed by atoms with Crippen molar-refractivity contribution < 1.29 is 14.4 Å². The molecule has 0 saturated carbocycles. The highest BCUT2D eigenvalue weighted by atomic mass is 35.5.